The van der Waals surface area contributed by atoms with E-state index in [2.05, 4.69) is 25.5 Å². The van der Waals surface area contributed by atoms with Crippen molar-refractivity contribution < 1.29 is 18.3 Å². The second kappa shape index (κ2) is 11.0. The van der Waals surface area contributed by atoms with Gasteiger partial charge in [0.1, 0.15) is 5.75 Å². The third-order valence-corrected chi connectivity index (χ3v) is 4.10. The van der Waals surface area contributed by atoms with Crippen molar-refractivity contribution in [3.8, 4) is 5.75 Å². The summed E-state index contributed by atoms with van der Waals surface area (Å²) in [5.41, 5.74) is 4.26. The van der Waals surface area contributed by atoms with Crippen LogP contribution in [0.1, 0.15) is 18.9 Å². The Kier molecular flexibility index (Phi) is 8.66. The van der Waals surface area contributed by atoms with Gasteiger partial charge in [-0.3, -0.25) is 10.3 Å². The minimum atomic E-state index is -2.83. The number of hydrogen-bond donors (Lipinski definition) is 2. The molecule has 0 saturated carbocycles. The second-order valence-electron chi connectivity index (χ2n) is 5.78. The molecule has 2 N–H and O–H groups in total. The lowest BCUT2D eigenvalue weighted by atomic mass is 10.1. The van der Waals surface area contributed by atoms with Gasteiger partial charge in [-0.2, -0.15) is 13.9 Å². The first-order chi connectivity index (χ1) is 12.5. The van der Waals surface area contributed by atoms with Crippen LogP contribution in [0.2, 0.25) is 0 Å². The number of morpholine rings is 1. The van der Waals surface area contributed by atoms with E-state index in [9.17, 15) is 8.78 Å². The number of alkyl halides is 2. The maximum Gasteiger partial charge on any atom is 0.387 e. The predicted molar refractivity (Wildman–Crippen MR) is 101 cm³/mol. The van der Waals surface area contributed by atoms with Crippen molar-refractivity contribution in [1.82, 2.24) is 15.6 Å². The molecule has 9 heteroatoms. The van der Waals surface area contributed by atoms with E-state index in [1.54, 1.807) is 19.1 Å². The molecule has 1 heterocycles. The molecule has 0 atom stereocenters. The number of halogens is 2. The molecule has 0 bridgehead atoms. The first-order valence-corrected chi connectivity index (χ1v) is 8.89. The molecule has 144 valence electrons. The fourth-order valence-electron chi connectivity index (χ4n) is 2.45. The Morgan fingerprint density at radius 2 is 2.00 bits per heavy atom. The van der Waals surface area contributed by atoms with Crippen molar-refractivity contribution in [2.24, 2.45) is 5.10 Å². The third kappa shape index (κ3) is 7.59. The highest BCUT2D eigenvalue weighted by Crippen LogP contribution is 2.15. The fourth-order valence-corrected chi connectivity index (χ4v) is 2.59. The average molecular weight is 386 g/mol. The monoisotopic (exact) mass is 386 g/mol. The number of benzene rings is 1. The molecular weight excluding hydrogens is 362 g/mol. The molecule has 0 unspecified atom stereocenters. The van der Waals surface area contributed by atoms with Gasteiger partial charge in [0.25, 0.3) is 0 Å². The second-order valence-corrected chi connectivity index (χ2v) is 6.18. The van der Waals surface area contributed by atoms with Gasteiger partial charge in [-0.15, -0.1) is 0 Å². The van der Waals surface area contributed by atoms with Crippen molar-refractivity contribution in [2.45, 2.75) is 20.0 Å². The fraction of sp³-hybridized carbons (Fsp3) is 0.529. The molecule has 1 aliphatic rings. The molecular formula is C17H24F2N4O2S. The zero-order valence-corrected chi connectivity index (χ0v) is 15.5. The average Bonchev–Trinajstić information content (AvgIpc) is 2.64. The van der Waals surface area contributed by atoms with Gasteiger partial charge in [0.05, 0.1) is 18.9 Å². The molecule has 0 spiro atoms. The molecule has 0 aliphatic carbocycles. The summed E-state index contributed by atoms with van der Waals surface area (Å²) in [5, 5.41) is 7.76. The van der Waals surface area contributed by atoms with Gasteiger partial charge in [-0.25, -0.2) is 0 Å². The van der Waals surface area contributed by atoms with E-state index in [1.165, 1.54) is 12.1 Å². The number of hydrazone groups is 1. The van der Waals surface area contributed by atoms with Gasteiger partial charge in [-0.05, 0) is 61.9 Å². The summed E-state index contributed by atoms with van der Waals surface area (Å²) in [7, 11) is 0. The van der Waals surface area contributed by atoms with E-state index in [4.69, 9.17) is 17.0 Å². The lowest BCUT2D eigenvalue weighted by molar-refractivity contribution is -0.0498. The lowest BCUT2D eigenvalue weighted by Crippen LogP contribution is -2.39. The summed E-state index contributed by atoms with van der Waals surface area (Å²) in [6, 6.07) is 6.28. The largest absolute Gasteiger partial charge is 0.435 e. The Bertz CT molecular complexity index is 593. The van der Waals surface area contributed by atoms with Gasteiger partial charge in [0, 0.05) is 19.6 Å². The van der Waals surface area contributed by atoms with Crippen LogP contribution < -0.4 is 15.5 Å². The van der Waals surface area contributed by atoms with Crippen LogP contribution in [0.4, 0.5) is 8.78 Å². The molecule has 1 aromatic rings. The van der Waals surface area contributed by atoms with Gasteiger partial charge < -0.3 is 14.8 Å². The molecule has 26 heavy (non-hydrogen) atoms. The van der Waals surface area contributed by atoms with Crippen molar-refractivity contribution in [1.29, 1.82) is 0 Å². The standard InChI is InChI=1S/C17H24F2N4O2S/c1-13(14-3-5-15(6-4-14)25-16(18)19)21-22-17(26)20-7-2-8-23-9-11-24-12-10-23/h3-6,16H,2,7-12H2,1H3,(H2,20,22,26)/b21-13+. The number of nitrogens with zero attached hydrogens (tertiary/aromatic N) is 2. The summed E-state index contributed by atoms with van der Waals surface area (Å²) in [5.74, 6) is 0.113. The number of rotatable bonds is 8. The zero-order chi connectivity index (χ0) is 18.8. The summed E-state index contributed by atoms with van der Waals surface area (Å²) in [6.45, 7) is 4.31. The van der Waals surface area contributed by atoms with E-state index in [1.807, 2.05) is 0 Å². The normalized spacial score (nSPS) is 15.8. The van der Waals surface area contributed by atoms with Crippen molar-refractivity contribution in [3.05, 3.63) is 29.8 Å². The highest BCUT2D eigenvalue weighted by Gasteiger charge is 2.09. The summed E-state index contributed by atoms with van der Waals surface area (Å²) >= 11 is 5.19. The van der Waals surface area contributed by atoms with Crippen LogP contribution in [-0.2, 0) is 4.74 Å². The highest BCUT2D eigenvalue weighted by molar-refractivity contribution is 7.80. The minimum Gasteiger partial charge on any atom is -0.435 e. The Morgan fingerprint density at radius 1 is 1.31 bits per heavy atom. The Balaban J connectivity index is 1.67. The summed E-state index contributed by atoms with van der Waals surface area (Å²) in [6.07, 6.45) is 0.982. The van der Waals surface area contributed by atoms with Crippen molar-refractivity contribution >= 4 is 23.0 Å². The van der Waals surface area contributed by atoms with Crippen LogP contribution in [0.3, 0.4) is 0 Å². The van der Waals surface area contributed by atoms with E-state index >= 15 is 0 Å². The Hall–Kier alpha value is -1.84. The number of thiocarbonyl (C=S) groups is 1. The van der Waals surface area contributed by atoms with E-state index in [-0.39, 0.29) is 5.75 Å². The van der Waals surface area contributed by atoms with Crippen LogP contribution in [0.15, 0.2) is 29.4 Å². The van der Waals surface area contributed by atoms with Gasteiger partial charge >= 0.3 is 6.61 Å². The van der Waals surface area contributed by atoms with Gasteiger partial charge in [0.15, 0.2) is 5.11 Å². The molecule has 1 aromatic carbocycles. The van der Waals surface area contributed by atoms with Crippen LogP contribution in [0, 0.1) is 0 Å². The number of ether oxygens (including phenoxy) is 2. The smallest absolute Gasteiger partial charge is 0.387 e. The SMILES string of the molecule is C/C(=N\NC(=S)NCCCN1CCOCC1)c1ccc(OC(F)F)cc1. The van der Waals surface area contributed by atoms with Gasteiger partial charge in [-0.1, -0.05) is 0 Å². The molecule has 6 nitrogen and oxygen atoms in total. The van der Waals surface area contributed by atoms with Crippen LogP contribution in [-0.4, -0.2) is 61.7 Å². The zero-order valence-electron chi connectivity index (χ0n) is 14.7. The van der Waals surface area contributed by atoms with E-state index in [0.29, 0.717) is 10.8 Å². The van der Waals surface area contributed by atoms with Crippen LogP contribution in [0.5, 0.6) is 5.75 Å². The lowest BCUT2D eigenvalue weighted by Gasteiger charge is -2.26. The van der Waals surface area contributed by atoms with Crippen LogP contribution >= 0.6 is 12.2 Å². The first-order valence-electron chi connectivity index (χ1n) is 8.48. The molecule has 0 aromatic heterocycles. The third-order valence-electron chi connectivity index (χ3n) is 3.86. The predicted octanol–water partition coefficient (Wildman–Crippen LogP) is 2.20. The maximum absolute atomic E-state index is 12.1. The number of nitrogens with one attached hydrogen (secondary N) is 2. The van der Waals surface area contributed by atoms with Crippen LogP contribution in [0.25, 0.3) is 0 Å². The topological polar surface area (TPSA) is 58.1 Å². The minimum absolute atomic E-state index is 0.113. The first kappa shape index (κ1) is 20.5. The van der Waals surface area contributed by atoms with E-state index < -0.39 is 6.61 Å². The molecule has 1 fully saturated rings. The van der Waals surface area contributed by atoms with Crippen molar-refractivity contribution in [2.75, 3.05) is 39.4 Å². The van der Waals surface area contributed by atoms with E-state index in [0.717, 1.165) is 51.4 Å². The molecule has 2 rings (SSSR count). The number of hydrogen-bond acceptors (Lipinski definition) is 5. The molecule has 0 radical (unpaired) electrons. The molecule has 1 saturated heterocycles. The summed E-state index contributed by atoms with van der Waals surface area (Å²) in [4.78, 5) is 2.37. The molecule has 1 aliphatic heterocycles. The highest BCUT2D eigenvalue weighted by atomic mass is 32.1. The van der Waals surface area contributed by atoms with Crippen molar-refractivity contribution in [3.63, 3.8) is 0 Å². The Morgan fingerprint density at radius 3 is 2.65 bits per heavy atom. The quantitative estimate of drug-likeness (QED) is 0.309. The summed E-state index contributed by atoms with van der Waals surface area (Å²) < 4.78 is 33.9. The van der Waals surface area contributed by atoms with Gasteiger partial charge in [0.2, 0.25) is 0 Å². The molecule has 0 amide bonds. The maximum atomic E-state index is 12.1. The Labute approximate surface area is 157 Å².